The number of aromatic nitrogens is 7. The molecule has 8 rings (SSSR count). The van der Waals surface area contributed by atoms with Gasteiger partial charge in [-0.1, -0.05) is 54.1 Å². The summed E-state index contributed by atoms with van der Waals surface area (Å²) in [5.74, 6) is -0.504. The fourth-order valence-electron chi connectivity index (χ4n) is 7.24. The van der Waals surface area contributed by atoms with Crippen LogP contribution in [0.4, 0.5) is 0 Å². The topological polar surface area (TPSA) is 146 Å². The van der Waals surface area contributed by atoms with Crippen LogP contribution in [0, 0.1) is 17.0 Å². The number of carboxylic acid groups (broad SMARTS) is 1. The van der Waals surface area contributed by atoms with Gasteiger partial charge in [-0.2, -0.15) is 14.5 Å². The van der Waals surface area contributed by atoms with E-state index < -0.39 is 12.0 Å². The van der Waals surface area contributed by atoms with Gasteiger partial charge in [0.2, 0.25) is 11.6 Å². The van der Waals surface area contributed by atoms with Crippen molar-refractivity contribution in [1.29, 1.82) is 0 Å². The minimum atomic E-state index is -0.998. The van der Waals surface area contributed by atoms with E-state index in [1.807, 2.05) is 35.4 Å². The van der Waals surface area contributed by atoms with Gasteiger partial charge >= 0.3 is 5.97 Å². The number of benzene rings is 3. The van der Waals surface area contributed by atoms with Crippen molar-refractivity contribution in [1.82, 2.24) is 34.9 Å². The summed E-state index contributed by atoms with van der Waals surface area (Å²) < 4.78 is 4.15. The second-order valence-electron chi connectivity index (χ2n) is 13.2. The first-order valence-electron chi connectivity index (χ1n) is 16.8. The third kappa shape index (κ3) is 6.57. The molecule has 13 heteroatoms. The van der Waals surface area contributed by atoms with E-state index in [1.54, 1.807) is 59.4 Å². The van der Waals surface area contributed by atoms with E-state index in [1.165, 1.54) is 22.8 Å². The second-order valence-corrected chi connectivity index (χ2v) is 13.6. The van der Waals surface area contributed by atoms with Gasteiger partial charge in [-0.05, 0) is 83.1 Å². The molecule has 0 spiro atoms. The molecule has 0 radical (unpaired) electrons. The van der Waals surface area contributed by atoms with Gasteiger partial charge < -0.3 is 15.2 Å². The number of carboxylic acids is 1. The summed E-state index contributed by atoms with van der Waals surface area (Å²) in [7, 11) is 0. The maximum atomic E-state index is 14.0. The Labute approximate surface area is 298 Å². The van der Waals surface area contributed by atoms with Crippen molar-refractivity contribution in [3.05, 3.63) is 137 Å². The number of rotatable bonds is 10. The molecule has 6 aromatic rings. The van der Waals surface area contributed by atoms with Crippen molar-refractivity contribution in [3.8, 4) is 27.9 Å². The molecule has 1 aliphatic carbocycles. The number of tetrazole rings is 1. The fraction of sp³-hybridized carbons (Fsp3) is 0.237. The van der Waals surface area contributed by atoms with Crippen molar-refractivity contribution in [2.24, 2.45) is 11.8 Å². The Morgan fingerprint density at radius 2 is 1.80 bits per heavy atom. The molecule has 4 atom stereocenters. The van der Waals surface area contributed by atoms with Gasteiger partial charge in [0.1, 0.15) is 12.4 Å². The predicted molar refractivity (Wildman–Crippen MR) is 188 cm³/mol. The van der Waals surface area contributed by atoms with E-state index in [4.69, 9.17) is 11.6 Å². The van der Waals surface area contributed by atoms with Gasteiger partial charge in [-0.15, -0.1) is 5.10 Å². The number of hydrogen-bond acceptors (Lipinski definition) is 7. The monoisotopic (exact) mass is 700 g/mol. The second kappa shape index (κ2) is 13.4. The van der Waals surface area contributed by atoms with E-state index in [0.717, 1.165) is 41.8 Å². The number of carbonyl (C=O) groups excluding carboxylic acids is 1. The molecule has 2 unspecified atom stereocenters. The number of amides is 1. The van der Waals surface area contributed by atoms with E-state index in [2.05, 4.69) is 32.8 Å². The molecule has 0 bridgehead atoms. The average molecular weight is 701 g/mol. The molecule has 2 fully saturated rings. The summed E-state index contributed by atoms with van der Waals surface area (Å²) in [4.78, 5) is 27.1. The Balaban J connectivity index is 1.08. The molecule has 1 saturated heterocycles. The standard InChI is InChI=1S/C38H33ClN8O4/c39-31-11-13-34(46-23-40-42-43-46)32(18-31)28-10-12-35(47(51)22-28)36(45-21-30(19-41-45)25-6-8-26(9-7-25)38(49)50)17-29-16-33(29)37(48)44-15-14-27(20-44)24-4-2-1-3-5-24/h1-13,18-19,21-23,27,29,33,36H,14-17,20H2,(H,49,50)/t27?,29-,33+,36?/m0/s1. The van der Waals surface area contributed by atoms with Gasteiger partial charge in [0, 0.05) is 58.9 Å². The van der Waals surface area contributed by atoms with Crippen LogP contribution in [0.3, 0.4) is 0 Å². The SMILES string of the molecule is O=C(O)c1ccc(-c2cnn(C(C[C@@H]3C[C@H]3C(=O)N3CCC(c4ccccc4)C3)c3ccc(-c4cc(Cl)ccc4-n4cnnn4)c[n+]3[O-])c2)cc1. The van der Waals surface area contributed by atoms with E-state index in [-0.39, 0.29) is 23.3 Å². The number of likely N-dealkylation sites (tertiary alicyclic amines) is 1. The smallest absolute Gasteiger partial charge is 0.335 e. The van der Waals surface area contributed by atoms with Crippen LogP contribution in [0.2, 0.25) is 5.02 Å². The molecule has 3 aromatic carbocycles. The zero-order valence-corrected chi connectivity index (χ0v) is 28.1. The summed E-state index contributed by atoms with van der Waals surface area (Å²) in [6, 6.07) is 25.4. The van der Waals surface area contributed by atoms with Gasteiger partial charge in [0.25, 0.3) is 0 Å². The maximum absolute atomic E-state index is 14.0. The lowest BCUT2D eigenvalue weighted by Crippen LogP contribution is -2.36. The lowest BCUT2D eigenvalue weighted by molar-refractivity contribution is -0.615. The normalized spacial score (nSPS) is 18.8. The van der Waals surface area contributed by atoms with Crippen molar-refractivity contribution in [2.75, 3.05) is 13.1 Å². The molecule has 2 aliphatic rings. The van der Waals surface area contributed by atoms with Crippen molar-refractivity contribution in [2.45, 2.75) is 31.2 Å². The highest BCUT2D eigenvalue weighted by Gasteiger charge is 2.48. The molecule has 12 nitrogen and oxygen atoms in total. The Hall–Kier alpha value is -5.88. The largest absolute Gasteiger partial charge is 0.618 e. The van der Waals surface area contributed by atoms with E-state index in [0.29, 0.717) is 39.9 Å². The van der Waals surface area contributed by atoms with E-state index in [9.17, 15) is 19.9 Å². The van der Waals surface area contributed by atoms with Crippen molar-refractivity contribution in [3.63, 3.8) is 0 Å². The summed E-state index contributed by atoms with van der Waals surface area (Å²) in [5, 5.41) is 40.0. The number of carbonyl (C=O) groups is 2. The van der Waals surface area contributed by atoms with Crippen LogP contribution in [-0.2, 0) is 4.79 Å². The maximum Gasteiger partial charge on any atom is 0.335 e. The summed E-state index contributed by atoms with van der Waals surface area (Å²) in [6.45, 7) is 1.46. The van der Waals surface area contributed by atoms with Crippen LogP contribution in [0.1, 0.15) is 52.8 Å². The predicted octanol–water partition coefficient (Wildman–Crippen LogP) is 5.81. The molecule has 1 aliphatic heterocycles. The number of hydrogen-bond donors (Lipinski definition) is 1. The Bertz CT molecular complexity index is 2210. The summed E-state index contributed by atoms with van der Waals surface area (Å²) >= 11 is 6.38. The lowest BCUT2D eigenvalue weighted by Gasteiger charge is -2.19. The molecular weight excluding hydrogens is 668 g/mol. The zero-order chi connectivity index (χ0) is 35.1. The molecule has 1 saturated carbocycles. The van der Waals surface area contributed by atoms with Crippen LogP contribution in [-0.4, -0.2) is 65.0 Å². The highest BCUT2D eigenvalue weighted by molar-refractivity contribution is 6.31. The van der Waals surface area contributed by atoms with Crippen LogP contribution >= 0.6 is 11.6 Å². The third-order valence-electron chi connectivity index (χ3n) is 10.1. The number of halogens is 1. The fourth-order valence-corrected chi connectivity index (χ4v) is 7.41. The minimum Gasteiger partial charge on any atom is -0.618 e. The first-order chi connectivity index (χ1) is 24.8. The van der Waals surface area contributed by atoms with Gasteiger partial charge in [0.15, 0.2) is 6.20 Å². The van der Waals surface area contributed by atoms with E-state index >= 15 is 0 Å². The minimum absolute atomic E-state index is 0.0831. The average Bonchev–Trinajstić information content (AvgIpc) is 3.60. The Kier molecular flexibility index (Phi) is 8.52. The highest BCUT2D eigenvalue weighted by atomic mass is 35.5. The third-order valence-corrected chi connectivity index (χ3v) is 10.3. The Morgan fingerprint density at radius 1 is 1.00 bits per heavy atom. The van der Waals surface area contributed by atoms with Gasteiger partial charge in [-0.25, -0.2) is 4.79 Å². The molecular formula is C38H33ClN8O4. The molecule has 51 heavy (non-hydrogen) atoms. The first kappa shape index (κ1) is 32.3. The summed E-state index contributed by atoms with van der Waals surface area (Å²) in [6.07, 6.45) is 8.81. The highest BCUT2D eigenvalue weighted by Crippen LogP contribution is 2.47. The number of pyridine rings is 1. The zero-order valence-electron chi connectivity index (χ0n) is 27.4. The molecule has 1 N–H and O–H groups in total. The van der Waals surface area contributed by atoms with Crippen LogP contribution in [0.15, 0.2) is 110 Å². The Morgan fingerprint density at radius 3 is 2.55 bits per heavy atom. The number of nitrogens with zero attached hydrogens (tertiary/aromatic N) is 8. The number of aromatic carboxylic acids is 1. The summed E-state index contributed by atoms with van der Waals surface area (Å²) in [5.41, 5.74) is 5.48. The molecule has 3 aromatic heterocycles. The quantitative estimate of drug-likeness (QED) is 0.139. The van der Waals surface area contributed by atoms with Crippen LogP contribution < -0.4 is 4.73 Å². The van der Waals surface area contributed by atoms with Crippen LogP contribution in [0.5, 0.6) is 0 Å². The van der Waals surface area contributed by atoms with Gasteiger partial charge in [0.05, 0.1) is 17.4 Å². The molecule has 4 heterocycles. The van der Waals surface area contributed by atoms with Gasteiger partial charge in [-0.3, -0.25) is 9.48 Å². The van der Waals surface area contributed by atoms with Crippen molar-refractivity contribution >= 4 is 23.5 Å². The molecule has 256 valence electrons. The first-order valence-corrected chi connectivity index (χ1v) is 17.2. The van der Waals surface area contributed by atoms with Crippen LogP contribution in [0.25, 0.3) is 27.9 Å². The molecule has 1 amide bonds. The van der Waals surface area contributed by atoms with Crippen molar-refractivity contribution < 1.29 is 19.4 Å². The lowest BCUT2D eigenvalue weighted by atomic mass is 9.99.